The van der Waals surface area contributed by atoms with Crippen LogP contribution in [0.25, 0.3) is 0 Å². The first-order valence-electron chi connectivity index (χ1n) is 8.48. The van der Waals surface area contributed by atoms with Crippen LogP contribution in [0.4, 0.5) is 0 Å². The van der Waals surface area contributed by atoms with Gasteiger partial charge in [0.2, 0.25) is 0 Å². The van der Waals surface area contributed by atoms with Gasteiger partial charge >= 0.3 is 5.69 Å². The Morgan fingerprint density at radius 1 is 1.30 bits per heavy atom. The second-order valence-electron chi connectivity index (χ2n) is 7.49. The van der Waals surface area contributed by atoms with Crippen molar-refractivity contribution in [2.75, 3.05) is 20.6 Å². The number of aromatic nitrogens is 2. The SMILES string of the molecule is CN(C)CCCC(C)(C)NC(=O)c1c2n(c(=O)n1C)CCCC2. The molecular weight excluding hydrogens is 292 g/mol. The smallest absolute Gasteiger partial charge is 0.328 e. The molecule has 2 rings (SSSR count). The van der Waals surface area contributed by atoms with Crippen molar-refractivity contribution >= 4 is 5.91 Å². The first-order valence-corrected chi connectivity index (χ1v) is 8.48. The molecule has 2 heterocycles. The van der Waals surface area contributed by atoms with E-state index in [1.54, 1.807) is 11.6 Å². The van der Waals surface area contributed by atoms with Crippen LogP contribution >= 0.6 is 0 Å². The molecule has 0 aliphatic carbocycles. The minimum atomic E-state index is -0.285. The minimum absolute atomic E-state index is 0.0738. The highest BCUT2D eigenvalue weighted by molar-refractivity contribution is 5.94. The molecule has 130 valence electrons. The van der Waals surface area contributed by atoms with Crippen molar-refractivity contribution in [1.29, 1.82) is 0 Å². The van der Waals surface area contributed by atoms with E-state index in [9.17, 15) is 9.59 Å². The van der Waals surface area contributed by atoms with E-state index in [1.807, 2.05) is 13.8 Å². The van der Waals surface area contributed by atoms with Gasteiger partial charge < -0.3 is 10.2 Å². The van der Waals surface area contributed by atoms with Crippen LogP contribution in [0.1, 0.15) is 55.7 Å². The summed E-state index contributed by atoms with van der Waals surface area (Å²) in [5.74, 6) is -0.130. The lowest BCUT2D eigenvalue weighted by atomic mass is 9.97. The van der Waals surface area contributed by atoms with E-state index < -0.39 is 0 Å². The van der Waals surface area contributed by atoms with E-state index in [-0.39, 0.29) is 17.1 Å². The van der Waals surface area contributed by atoms with Crippen LogP contribution in [0.3, 0.4) is 0 Å². The van der Waals surface area contributed by atoms with Crippen molar-refractivity contribution < 1.29 is 4.79 Å². The highest BCUT2D eigenvalue weighted by Crippen LogP contribution is 2.19. The quantitative estimate of drug-likeness (QED) is 0.860. The molecule has 0 atom stereocenters. The van der Waals surface area contributed by atoms with E-state index in [0.717, 1.165) is 50.9 Å². The normalized spacial score (nSPS) is 14.9. The molecule has 1 aliphatic heterocycles. The number of hydrogen-bond donors (Lipinski definition) is 1. The lowest BCUT2D eigenvalue weighted by Crippen LogP contribution is -2.44. The number of rotatable bonds is 6. The summed E-state index contributed by atoms with van der Waals surface area (Å²) in [7, 11) is 5.80. The summed E-state index contributed by atoms with van der Waals surface area (Å²) in [6, 6.07) is 0. The summed E-state index contributed by atoms with van der Waals surface area (Å²) >= 11 is 0. The molecule has 0 saturated carbocycles. The first-order chi connectivity index (χ1) is 10.7. The summed E-state index contributed by atoms with van der Waals surface area (Å²) in [6.45, 7) is 5.81. The molecule has 6 nitrogen and oxygen atoms in total. The van der Waals surface area contributed by atoms with Gasteiger partial charge in [-0.25, -0.2) is 4.79 Å². The molecule has 1 N–H and O–H groups in total. The largest absolute Gasteiger partial charge is 0.346 e. The van der Waals surface area contributed by atoms with Gasteiger partial charge in [-0.05, 0) is 66.6 Å². The second kappa shape index (κ2) is 6.91. The van der Waals surface area contributed by atoms with Crippen LogP contribution < -0.4 is 11.0 Å². The van der Waals surface area contributed by atoms with Crippen molar-refractivity contribution in [2.45, 2.75) is 58.0 Å². The van der Waals surface area contributed by atoms with E-state index >= 15 is 0 Å². The molecule has 0 unspecified atom stereocenters. The number of imidazole rings is 1. The molecule has 1 aromatic heterocycles. The van der Waals surface area contributed by atoms with E-state index in [4.69, 9.17) is 0 Å². The summed E-state index contributed by atoms with van der Waals surface area (Å²) < 4.78 is 3.27. The van der Waals surface area contributed by atoms with Crippen molar-refractivity contribution in [3.8, 4) is 0 Å². The Morgan fingerprint density at radius 3 is 2.65 bits per heavy atom. The van der Waals surface area contributed by atoms with Crippen molar-refractivity contribution in [2.24, 2.45) is 7.05 Å². The standard InChI is InChI=1S/C17H30N4O2/c1-17(2,10-8-11-19(3)4)18-15(22)14-13-9-6-7-12-21(13)16(23)20(14)5/h6-12H2,1-5H3,(H,18,22). The Bertz CT molecular complexity index is 625. The van der Waals surface area contributed by atoms with Crippen LogP contribution in [-0.4, -0.2) is 46.1 Å². The van der Waals surface area contributed by atoms with Crippen LogP contribution in [0.15, 0.2) is 4.79 Å². The summed E-state index contributed by atoms with van der Waals surface area (Å²) in [5, 5.41) is 3.12. The van der Waals surface area contributed by atoms with Crippen LogP contribution in [-0.2, 0) is 20.0 Å². The third kappa shape index (κ3) is 4.05. The molecule has 1 aliphatic rings. The highest BCUT2D eigenvalue weighted by atomic mass is 16.2. The third-order valence-electron chi connectivity index (χ3n) is 4.57. The van der Waals surface area contributed by atoms with Gasteiger partial charge in [-0.2, -0.15) is 0 Å². The fourth-order valence-electron chi connectivity index (χ4n) is 3.31. The average molecular weight is 322 g/mol. The van der Waals surface area contributed by atoms with Gasteiger partial charge in [0.15, 0.2) is 0 Å². The van der Waals surface area contributed by atoms with Crippen molar-refractivity contribution in [1.82, 2.24) is 19.4 Å². The van der Waals surface area contributed by atoms with Gasteiger partial charge in [-0.3, -0.25) is 13.9 Å². The predicted molar refractivity (Wildman–Crippen MR) is 91.9 cm³/mol. The Kier molecular flexibility index (Phi) is 5.34. The van der Waals surface area contributed by atoms with Crippen molar-refractivity contribution in [3.05, 3.63) is 21.9 Å². The maximum Gasteiger partial charge on any atom is 0.328 e. The topological polar surface area (TPSA) is 59.3 Å². The summed E-state index contributed by atoms with van der Waals surface area (Å²) in [5.41, 5.74) is 1.07. The molecule has 6 heteroatoms. The molecule has 0 fully saturated rings. The Balaban J connectivity index is 2.13. The average Bonchev–Trinajstić information content (AvgIpc) is 2.70. The Morgan fingerprint density at radius 2 is 2.00 bits per heavy atom. The van der Waals surface area contributed by atoms with E-state index in [1.165, 1.54) is 4.57 Å². The fraction of sp³-hybridized carbons (Fsp3) is 0.765. The number of nitrogens with zero attached hydrogens (tertiary/aromatic N) is 3. The number of carbonyl (C=O) groups excluding carboxylic acids is 1. The Hall–Kier alpha value is -1.56. The van der Waals surface area contributed by atoms with Gasteiger partial charge in [-0.15, -0.1) is 0 Å². The summed E-state index contributed by atoms with van der Waals surface area (Å²) in [4.78, 5) is 27.2. The molecule has 1 aromatic rings. The number of hydrogen-bond acceptors (Lipinski definition) is 3. The maximum atomic E-state index is 12.8. The summed E-state index contributed by atoms with van der Waals surface area (Å²) in [6.07, 6.45) is 4.78. The van der Waals surface area contributed by atoms with Gasteiger partial charge in [0.05, 0.1) is 5.69 Å². The molecule has 23 heavy (non-hydrogen) atoms. The Labute approximate surface area is 138 Å². The van der Waals surface area contributed by atoms with Crippen LogP contribution in [0, 0.1) is 0 Å². The second-order valence-corrected chi connectivity index (χ2v) is 7.49. The van der Waals surface area contributed by atoms with Crippen LogP contribution in [0.5, 0.6) is 0 Å². The minimum Gasteiger partial charge on any atom is -0.346 e. The third-order valence-corrected chi connectivity index (χ3v) is 4.57. The van der Waals surface area contributed by atoms with Gasteiger partial charge in [0, 0.05) is 19.1 Å². The lowest BCUT2D eigenvalue weighted by molar-refractivity contribution is 0.0897. The fourth-order valence-corrected chi connectivity index (χ4v) is 3.31. The van der Waals surface area contributed by atoms with Gasteiger partial charge in [0.1, 0.15) is 5.69 Å². The monoisotopic (exact) mass is 322 g/mol. The van der Waals surface area contributed by atoms with Crippen LogP contribution in [0.2, 0.25) is 0 Å². The zero-order valence-electron chi connectivity index (χ0n) is 15.1. The molecule has 0 radical (unpaired) electrons. The predicted octanol–water partition coefficient (Wildman–Crippen LogP) is 1.37. The molecule has 0 saturated heterocycles. The zero-order valence-corrected chi connectivity index (χ0v) is 15.1. The lowest BCUT2D eigenvalue weighted by Gasteiger charge is -2.27. The number of nitrogens with one attached hydrogen (secondary N) is 1. The molecule has 0 aromatic carbocycles. The molecular formula is C17H30N4O2. The zero-order chi connectivity index (χ0) is 17.2. The van der Waals surface area contributed by atoms with Gasteiger partial charge in [-0.1, -0.05) is 0 Å². The highest BCUT2D eigenvalue weighted by Gasteiger charge is 2.28. The maximum absolute atomic E-state index is 12.8. The van der Waals surface area contributed by atoms with Crippen molar-refractivity contribution in [3.63, 3.8) is 0 Å². The number of fused-ring (bicyclic) bond motifs is 1. The molecule has 0 spiro atoms. The van der Waals surface area contributed by atoms with E-state index in [0.29, 0.717) is 5.69 Å². The number of carbonyl (C=O) groups is 1. The van der Waals surface area contributed by atoms with E-state index in [2.05, 4.69) is 24.3 Å². The molecule has 1 amide bonds. The number of amides is 1. The molecule has 0 bridgehead atoms. The first kappa shape index (κ1) is 17.8. The van der Waals surface area contributed by atoms with Gasteiger partial charge in [0.25, 0.3) is 5.91 Å².